The number of rotatable bonds is 1. The van der Waals surface area contributed by atoms with Crippen molar-refractivity contribution >= 4 is 27.5 Å². The van der Waals surface area contributed by atoms with E-state index in [-0.39, 0.29) is 18.4 Å². The average molecular weight is 348 g/mol. The summed E-state index contributed by atoms with van der Waals surface area (Å²) >= 11 is 3.47. The highest BCUT2D eigenvalue weighted by molar-refractivity contribution is 9.10. The molecule has 0 saturated carbocycles. The van der Waals surface area contributed by atoms with Gasteiger partial charge in [0.1, 0.15) is 5.75 Å². The van der Waals surface area contributed by atoms with E-state index in [4.69, 9.17) is 9.47 Å². The molecule has 4 rings (SSSR count). The first-order valence-electron chi connectivity index (χ1n) is 6.37. The monoisotopic (exact) mass is 347 g/mol. The highest BCUT2D eigenvalue weighted by atomic mass is 79.9. The summed E-state index contributed by atoms with van der Waals surface area (Å²) in [6.07, 6.45) is 0. The first-order chi connectivity index (χ1) is 10.1. The molecular weight excluding hydrogens is 338 g/mol. The second-order valence-corrected chi connectivity index (χ2v) is 5.74. The van der Waals surface area contributed by atoms with Crippen molar-refractivity contribution in [2.45, 2.75) is 5.92 Å². The molecule has 21 heavy (non-hydrogen) atoms. The van der Waals surface area contributed by atoms with Crippen molar-refractivity contribution in [3.8, 4) is 17.2 Å². The van der Waals surface area contributed by atoms with E-state index in [1.54, 1.807) is 6.07 Å². The number of carbonyl (C=O) groups is 1. The second-order valence-electron chi connectivity index (χ2n) is 4.89. The minimum Gasteiger partial charge on any atom is -0.507 e. The van der Waals surface area contributed by atoms with Crippen molar-refractivity contribution in [3.63, 3.8) is 0 Å². The summed E-state index contributed by atoms with van der Waals surface area (Å²) in [6.45, 7) is 0.120. The number of aromatic hydroxyl groups is 1. The fourth-order valence-corrected chi connectivity index (χ4v) is 3.35. The molecule has 0 radical (unpaired) electrons. The number of hydrogen-bond donors (Lipinski definition) is 2. The van der Waals surface area contributed by atoms with Crippen LogP contribution in [-0.4, -0.2) is 17.8 Å². The highest BCUT2D eigenvalue weighted by Crippen LogP contribution is 2.47. The van der Waals surface area contributed by atoms with E-state index >= 15 is 0 Å². The van der Waals surface area contributed by atoms with Gasteiger partial charge in [0.05, 0.1) is 5.92 Å². The van der Waals surface area contributed by atoms with Gasteiger partial charge >= 0.3 is 0 Å². The fraction of sp³-hybridized carbons (Fsp3) is 0.133. The third-order valence-corrected chi connectivity index (χ3v) is 4.39. The van der Waals surface area contributed by atoms with E-state index in [9.17, 15) is 9.90 Å². The molecule has 1 unspecified atom stereocenters. The zero-order valence-electron chi connectivity index (χ0n) is 10.7. The lowest BCUT2D eigenvalue weighted by molar-refractivity contribution is -0.116. The molecule has 2 heterocycles. The Hall–Kier alpha value is -2.21. The molecular formula is C15H10BrNO4. The fourth-order valence-electron chi connectivity index (χ4n) is 2.75. The summed E-state index contributed by atoms with van der Waals surface area (Å²) in [5.74, 6) is 0.289. The van der Waals surface area contributed by atoms with E-state index in [0.29, 0.717) is 17.1 Å². The summed E-state index contributed by atoms with van der Waals surface area (Å²) < 4.78 is 11.4. The number of halogens is 1. The highest BCUT2D eigenvalue weighted by Gasteiger charge is 2.36. The average Bonchev–Trinajstić information content (AvgIpc) is 3.01. The summed E-state index contributed by atoms with van der Waals surface area (Å²) in [5.41, 5.74) is 2.07. The predicted octanol–water partition coefficient (Wildman–Crippen LogP) is 2.97. The molecule has 2 aromatic rings. The lowest BCUT2D eigenvalue weighted by Gasteiger charge is -2.13. The molecule has 2 aliphatic rings. The molecule has 6 heteroatoms. The normalized spacial score (nSPS) is 18.5. The minimum atomic E-state index is -0.579. The SMILES string of the molecule is O=C1Nc2cccc(Br)c2C1c1cc2c(cc1O)OCO2. The first-order valence-corrected chi connectivity index (χ1v) is 7.16. The Labute approximate surface area is 128 Å². The van der Waals surface area contributed by atoms with Gasteiger partial charge in [-0.25, -0.2) is 0 Å². The van der Waals surface area contributed by atoms with Gasteiger partial charge in [0.2, 0.25) is 12.7 Å². The maximum atomic E-state index is 12.3. The summed E-state index contributed by atoms with van der Waals surface area (Å²) in [6, 6.07) is 8.71. The Morgan fingerprint density at radius 3 is 2.81 bits per heavy atom. The first kappa shape index (κ1) is 12.5. The number of amides is 1. The molecule has 1 amide bonds. The number of benzene rings is 2. The lowest BCUT2D eigenvalue weighted by Crippen LogP contribution is -2.13. The lowest BCUT2D eigenvalue weighted by atomic mass is 9.91. The van der Waals surface area contributed by atoms with E-state index in [1.165, 1.54) is 6.07 Å². The smallest absolute Gasteiger partial charge is 0.236 e. The third-order valence-electron chi connectivity index (χ3n) is 3.69. The van der Waals surface area contributed by atoms with Crippen LogP contribution in [0.2, 0.25) is 0 Å². The molecule has 2 aromatic carbocycles. The van der Waals surface area contributed by atoms with E-state index in [1.807, 2.05) is 18.2 Å². The number of phenolic OH excluding ortho intramolecular Hbond substituents is 1. The van der Waals surface area contributed by atoms with Gasteiger partial charge in [-0.05, 0) is 18.2 Å². The Morgan fingerprint density at radius 1 is 1.24 bits per heavy atom. The van der Waals surface area contributed by atoms with E-state index in [0.717, 1.165) is 15.7 Å². The van der Waals surface area contributed by atoms with Crippen LogP contribution in [0, 0.1) is 0 Å². The van der Waals surface area contributed by atoms with Crippen LogP contribution < -0.4 is 14.8 Å². The minimum absolute atomic E-state index is 0.0167. The molecule has 1 atom stereocenters. The van der Waals surface area contributed by atoms with Crippen LogP contribution in [-0.2, 0) is 4.79 Å². The molecule has 2 aliphatic heterocycles. The quantitative estimate of drug-likeness (QED) is 0.832. The Bertz CT molecular complexity index is 775. The summed E-state index contributed by atoms with van der Waals surface area (Å²) in [5, 5.41) is 13.1. The molecule has 0 aliphatic carbocycles. The van der Waals surface area contributed by atoms with Crippen molar-refractivity contribution in [3.05, 3.63) is 45.9 Å². The van der Waals surface area contributed by atoms with Crippen molar-refractivity contribution in [2.75, 3.05) is 12.1 Å². The molecule has 0 aromatic heterocycles. The van der Waals surface area contributed by atoms with Gasteiger partial charge in [-0.2, -0.15) is 0 Å². The Kier molecular flexibility index (Phi) is 2.62. The van der Waals surface area contributed by atoms with Crippen LogP contribution in [0.5, 0.6) is 17.2 Å². The zero-order chi connectivity index (χ0) is 14.6. The van der Waals surface area contributed by atoms with Gasteiger partial charge in [0.25, 0.3) is 0 Å². The largest absolute Gasteiger partial charge is 0.507 e. The van der Waals surface area contributed by atoms with Crippen molar-refractivity contribution in [2.24, 2.45) is 0 Å². The third kappa shape index (κ3) is 1.79. The van der Waals surface area contributed by atoms with Crippen LogP contribution in [0.25, 0.3) is 0 Å². The van der Waals surface area contributed by atoms with Crippen molar-refractivity contribution < 1.29 is 19.4 Å². The van der Waals surface area contributed by atoms with E-state index in [2.05, 4.69) is 21.2 Å². The molecule has 0 fully saturated rings. The van der Waals surface area contributed by atoms with Crippen LogP contribution in [0.3, 0.4) is 0 Å². The van der Waals surface area contributed by atoms with Gasteiger partial charge in [-0.3, -0.25) is 4.79 Å². The van der Waals surface area contributed by atoms with Gasteiger partial charge in [0, 0.05) is 27.4 Å². The van der Waals surface area contributed by atoms with Gasteiger partial charge in [0.15, 0.2) is 11.5 Å². The number of fused-ring (bicyclic) bond motifs is 2. The van der Waals surface area contributed by atoms with Crippen LogP contribution in [0.4, 0.5) is 5.69 Å². The number of ether oxygens (including phenoxy) is 2. The van der Waals surface area contributed by atoms with Crippen LogP contribution in [0.15, 0.2) is 34.8 Å². The molecule has 0 spiro atoms. The standard InChI is InChI=1S/C15H10BrNO4/c16-8-2-1-3-9-14(8)13(15(19)17-9)7-4-11-12(5-10(7)18)21-6-20-11/h1-5,13,18H,6H2,(H,17,19). The van der Waals surface area contributed by atoms with Crippen LogP contribution >= 0.6 is 15.9 Å². The molecule has 106 valence electrons. The van der Waals surface area contributed by atoms with Crippen LogP contribution in [0.1, 0.15) is 17.0 Å². The van der Waals surface area contributed by atoms with Crippen molar-refractivity contribution in [1.29, 1.82) is 0 Å². The maximum absolute atomic E-state index is 12.3. The maximum Gasteiger partial charge on any atom is 0.236 e. The van der Waals surface area contributed by atoms with E-state index < -0.39 is 5.92 Å². The van der Waals surface area contributed by atoms with Gasteiger partial charge in [-0.15, -0.1) is 0 Å². The number of phenols is 1. The zero-order valence-corrected chi connectivity index (χ0v) is 12.3. The number of nitrogens with one attached hydrogen (secondary N) is 1. The summed E-state index contributed by atoms with van der Waals surface area (Å²) in [4.78, 5) is 12.3. The molecule has 0 saturated heterocycles. The van der Waals surface area contributed by atoms with Crippen molar-refractivity contribution in [1.82, 2.24) is 0 Å². The molecule has 0 bridgehead atoms. The number of anilines is 1. The molecule has 2 N–H and O–H groups in total. The second kappa shape index (κ2) is 4.39. The Balaban J connectivity index is 1.91. The van der Waals surface area contributed by atoms with Gasteiger partial charge in [-0.1, -0.05) is 22.0 Å². The molecule has 5 nitrogen and oxygen atoms in total. The number of hydrogen-bond acceptors (Lipinski definition) is 4. The summed E-state index contributed by atoms with van der Waals surface area (Å²) in [7, 11) is 0. The predicted molar refractivity (Wildman–Crippen MR) is 78.8 cm³/mol. The topological polar surface area (TPSA) is 67.8 Å². The van der Waals surface area contributed by atoms with Gasteiger partial charge < -0.3 is 19.9 Å². The Morgan fingerprint density at radius 2 is 2.00 bits per heavy atom. The number of carbonyl (C=O) groups excluding carboxylic acids is 1.